The predicted molar refractivity (Wildman–Crippen MR) is 253 cm³/mol. The number of anilines is 1. The lowest BCUT2D eigenvalue weighted by Crippen LogP contribution is -2.58. The number of benzene rings is 5. The molecule has 8 rings (SSSR count). The van der Waals surface area contributed by atoms with Crippen molar-refractivity contribution in [2.24, 2.45) is 11.8 Å². The second-order valence-corrected chi connectivity index (χ2v) is 17.4. The van der Waals surface area contributed by atoms with Gasteiger partial charge in [0.25, 0.3) is 0 Å². The lowest BCUT2D eigenvalue weighted by Gasteiger charge is -2.46. The third-order valence-corrected chi connectivity index (χ3v) is 13.0. The van der Waals surface area contributed by atoms with E-state index in [2.05, 4.69) is 22.5 Å². The number of methoxy groups -OCH3 is 1. The summed E-state index contributed by atoms with van der Waals surface area (Å²) in [5, 5.41) is 36.8. The monoisotopic (exact) mass is 934 g/mol. The van der Waals surface area contributed by atoms with Gasteiger partial charge in [-0.25, -0.2) is 14.5 Å². The maximum absolute atomic E-state index is 16.6. The average Bonchev–Trinajstić information content (AvgIpc) is 3.83. The minimum absolute atomic E-state index is 0.0440. The molecule has 0 aliphatic carbocycles. The zero-order valence-electron chi connectivity index (χ0n) is 38.4. The van der Waals surface area contributed by atoms with Gasteiger partial charge in [0.2, 0.25) is 11.8 Å². The molecule has 4 amide bonds. The number of hydrogen-bond acceptors (Lipinski definition) is 12. The second kappa shape index (κ2) is 20.9. The molecule has 5 aromatic carbocycles. The first kappa shape index (κ1) is 48.1. The number of imide groups is 1. The van der Waals surface area contributed by atoms with Gasteiger partial charge in [-0.05, 0) is 52.4 Å². The molecule has 0 unspecified atom stereocenters. The summed E-state index contributed by atoms with van der Waals surface area (Å²) in [6.45, 7) is 2.32. The molecule has 2 fully saturated rings. The lowest BCUT2D eigenvalue weighted by molar-refractivity contribution is -0.178. The Kier molecular flexibility index (Phi) is 14.6. The minimum atomic E-state index is -2.23. The number of morpholine rings is 1. The number of nitrogens with one attached hydrogen (secondary N) is 2. The van der Waals surface area contributed by atoms with E-state index in [9.17, 15) is 20.1 Å². The van der Waals surface area contributed by atoms with Crippen LogP contribution in [0.3, 0.4) is 0 Å². The molecule has 5 N–H and O–H groups in total. The van der Waals surface area contributed by atoms with Crippen molar-refractivity contribution in [1.82, 2.24) is 15.5 Å². The zero-order valence-corrected chi connectivity index (χ0v) is 38.4. The van der Waals surface area contributed by atoms with E-state index in [0.29, 0.717) is 27.8 Å². The SMILES string of the molecule is COC(=O)[C@@H](NC(=O)N1C(=O)[C@@]2(c3cc(C#CCCO)ccc31)[C@H](c1ccccc1OCCO)N1[C@H](c3ccccc3)[C@H](c3ccccc3)OC(=O)[C@H]1[C@@H]2C(=O)NC[C@H](O)c1ccccc1)C(C)C. The zero-order chi connectivity index (χ0) is 48.8. The van der Waals surface area contributed by atoms with Crippen LogP contribution in [0.1, 0.15) is 77.9 Å². The normalized spacial score (nSPS) is 22.4. The van der Waals surface area contributed by atoms with Crippen LogP contribution in [-0.4, -0.2) is 95.6 Å². The van der Waals surface area contributed by atoms with E-state index < -0.39 is 83.4 Å². The number of aliphatic hydroxyl groups is 3. The first-order valence-corrected chi connectivity index (χ1v) is 22.9. The van der Waals surface area contributed by atoms with Gasteiger partial charge >= 0.3 is 18.0 Å². The van der Waals surface area contributed by atoms with Gasteiger partial charge in [-0.3, -0.25) is 19.3 Å². The number of ether oxygens (including phenoxy) is 3. The molecule has 0 aromatic heterocycles. The molecule has 5 aromatic rings. The molecule has 1 spiro atoms. The van der Waals surface area contributed by atoms with Crippen LogP contribution >= 0.6 is 0 Å². The molecule has 2 saturated heterocycles. The highest BCUT2D eigenvalue weighted by atomic mass is 16.6. The third kappa shape index (κ3) is 8.95. The van der Waals surface area contributed by atoms with Gasteiger partial charge in [-0.15, -0.1) is 0 Å². The Bertz CT molecular complexity index is 2740. The number of aliphatic hydroxyl groups excluding tert-OH is 3. The summed E-state index contributed by atoms with van der Waals surface area (Å²) in [4.78, 5) is 78.8. The summed E-state index contributed by atoms with van der Waals surface area (Å²) in [6, 6.07) is 32.6. The van der Waals surface area contributed by atoms with Crippen molar-refractivity contribution in [1.29, 1.82) is 0 Å². The van der Waals surface area contributed by atoms with Crippen molar-refractivity contribution >= 4 is 35.5 Å². The molecule has 3 aliphatic rings. The highest BCUT2D eigenvalue weighted by molar-refractivity contribution is 6.25. The van der Waals surface area contributed by atoms with E-state index in [1.54, 1.807) is 80.6 Å². The van der Waals surface area contributed by atoms with Gasteiger partial charge in [0.05, 0.1) is 50.1 Å². The maximum Gasteiger partial charge on any atom is 0.329 e. The fourth-order valence-corrected chi connectivity index (χ4v) is 10.1. The van der Waals surface area contributed by atoms with Crippen molar-refractivity contribution in [3.05, 3.63) is 167 Å². The molecule has 15 heteroatoms. The number of cyclic esters (lactones) is 1. The fraction of sp³-hybridized carbons (Fsp3) is 0.315. The Hall–Kier alpha value is -7.35. The van der Waals surface area contributed by atoms with E-state index in [0.717, 1.165) is 4.90 Å². The summed E-state index contributed by atoms with van der Waals surface area (Å²) in [5.41, 5.74) is 0.451. The molecule has 15 nitrogen and oxygen atoms in total. The minimum Gasteiger partial charge on any atom is -0.491 e. The molecule has 0 saturated carbocycles. The number of amides is 4. The van der Waals surface area contributed by atoms with Crippen LogP contribution in [0.25, 0.3) is 0 Å². The first-order valence-electron chi connectivity index (χ1n) is 22.9. The lowest BCUT2D eigenvalue weighted by atomic mass is 9.65. The smallest absolute Gasteiger partial charge is 0.329 e. The molecule has 3 aliphatic heterocycles. The standard InChI is InChI=1S/C54H54N4O11/c1-33(2)44(50(63)67-3)56-53(66)57-40-27-26-34(17-15-16-28-59)31-39(40)54(52(57)65)43(49(62)55-32-41(61)35-18-7-4-8-19-35)46-51(64)69-47(37-22-11-6-12-23-37)45(36-20-9-5-10-21-36)58(46)48(54)38-24-13-14-25-42(38)68-30-29-60/h4-14,18-27,31,33,41,43-48,59-61H,16,28-30,32H2,1-3H3,(H,55,62)(H,56,66)/t41-,43+,44-,45+,46+,47-,48-,54+/m0/s1. The molecule has 356 valence electrons. The molecule has 8 atom stereocenters. The number of esters is 2. The number of rotatable bonds is 14. The van der Waals surface area contributed by atoms with E-state index in [1.807, 2.05) is 65.6 Å². The Morgan fingerprint density at radius 2 is 1.48 bits per heavy atom. The number of hydrogen-bond donors (Lipinski definition) is 5. The van der Waals surface area contributed by atoms with Gasteiger partial charge in [0, 0.05) is 24.1 Å². The maximum atomic E-state index is 16.6. The summed E-state index contributed by atoms with van der Waals surface area (Å²) < 4.78 is 17.9. The molecule has 0 bridgehead atoms. The van der Waals surface area contributed by atoms with Crippen LogP contribution in [0.5, 0.6) is 5.75 Å². The largest absolute Gasteiger partial charge is 0.491 e. The van der Waals surface area contributed by atoms with Gasteiger partial charge in [0.1, 0.15) is 36.0 Å². The van der Waals surface area contributed by atoms with E-state index in [4.69, 9.17) is 14.2 Å². The topological polar surface area (TPSA) is 204 Å². The predicted octanol–water partition coefficient (Wildman–Crippen LogP) is 5.21. The van der Waals surface area contributed by atoms with Crippen LogP contribution in [0.15, 0.2) is 133 Å². The quantitative estimate of drug-likeness (QED) is 0.0720. The van der Waals surface area contributed by atoms with Gasteiger partial charge in [-0.1, -0.05) is 135 Å². The van der Waals surface area contributed by atoms with E-state index in [1.165, 1.54) is 13.2 Å². The summed E-state index contributed by atoms with van der Waals surface area (Å²) >= 11 is 0. The van der Waals surface area contributed by atoms with Crippen molar-refractivity contribution in [2.45, 2.75) is 62.1 Å². The fourth-order valence-electron chi connectivity index (χ4n) is 10.1. The third-order valence-electron chi connectivity index (χ3n) is 13.0. The number of carbonyl (C=O) groups excluding carboxylic acids is 5. The van der Waals surface area contributed by atoms with Gasteiger partial charge in [0.15, 0.2) is 0 Å². The summed E-state index contributed by atoms with van der Waals surface area (Å²) in [5.74, 6) is 0.670. The number of nitrogens with zero attached hydrogens (tertiary/aromatic N) is 2. The van der Waals surface area contributed by atoms with Crippen molar-refractivity contribution in [3.8, 4) is 17.6 Å². The van der Waals surface area contributed by atoms with Crippen molar-refractivity contribution in [3.63, 3.8) is 0 Å². The molecule has 69 heavy (non-hydrogen) atoms. The first-order chi connectivity index (χ1) is 33.5. The summed E-state index contributed by atoms with van der Waals surface area (Å²) in [7, 11) is 1.19. The van der Waals surface area contributed by atoms with Crippen LogP contribution in [0.2, 0.25) is 0 Å². The molecular formula is C54H54N4O11. The van der Waals surface area contributed by atoms with Crippen LogP contribution in [-0.2, 0) is 34.1 Å². The van der Waals surface area contributed by atoms with Crippen LogP contribution in [0.4, 0.5) is 10.5 Å². The Morgan fingerprint density at radius 1 is 0.826 bits per heavy atom. The number of fused-ring (bicyclic) bond motifs is 3. The number of para-hydroxylation sites is 1. The highest BCUT2D eigenvalue weighted by Gasteiger charge is 2.76. The van der Waals surface area contributed by atoms with E-state index in [-0.39, 0.29) is 49.8 Å². The van der Waals surface area contributed by atoms with Gasteiger partial charge < -0.3 is 40.2 Å². The average molecular weight is 935 g/mol. The Balaban J connectivity index is 1.46. The highest BCUT2D eigenvalue weighted by Crippen LogP contribution is 2.66. The van der Waals surface area contributed by atoms with Crippen LogP contribution < -0.4 is 20.3 Å². The molecule has 3 heterocycles. The number of urea groups is 1. The van der Waals surface area contributed by atoms with E-state index >= 15 is 19.2 Å². The number of carbonyl (C=O) groups is 5. The second-order valence-electron chi connectivity index (χ2n) is 17.4. The van der Waals surface area contributed by atoms with Crippen LogP contribution in [0, 0.1) is 23.7 Å². The van der Waals surface area contributed by atoms with Gasteiger partial charge in [-0.2, -0.15) is 0 Å². The Labute approximate surface area is 400 Å². The van der Waals surface area contributed by atoms with Crippen molar-refractivity contribution < 1.29 is 53.5 Å². The molecular weight excluding hydrogens is 881 g/mol. The Morgan fingerprint density at radius 3 is 2.13 bits per heavy atom. The summed E-state index contributed by atoms with van der Waals surface area (Å²) in [6.07, 6.45) is -2.10. The van der Waals surface area contributed by atoms with Crippen molar-refractivity contribution in [2.75, 3.05) is 38.4 Å². The molecule has 0 radical (unpaired) electrons.